The summed E-state index contributed by atoms with van der Waals surface area (Å²) in [5, 5.41) is 7.04. The third-order valence-electron chi connectivity index (χ3n) is 5.58. The van der Waals surface area contributed by atoms with Crippen LogP contribution in [0.3, 0.4) is 0 Å². The number of piperidine rings is 1. The predicted molar refractivity (Wildman–Crippen MR) is 115 cm³/mol. The number of hydrogen-bond donors (Lipinski definition) is 2. The smallest absolute Gasteiger partial charge is 0.237 e. The summed E-state index contributed by atoms with van der Waals surface area (Å²) in [6.07, 6.45) is 6.41. The van der Waals surface area contributed by atoms with E-state index in [-0.39, 0.29) is 30.3 Å². The van der Waals surface area contributed by atoms with Gasteiger partial charge in [-0.1, -0.05) is 23.7 Å². The van der Waals surface area contributed by atoms with E-state index in [4.69, 9.17) is 11.6 Å². The van der Waals surface area contributed by atoms with Gasteiger partial charge >= 0.3 is 0 Å². The van der Waals surface area contributed by atoms with Crippen LogP contribution < -0.4 is 10.6 Å². The number of hydrogen-bond acceptors (Lipinski definition) is 3. The second-order valence-electron chi connectivity index (χ2n) is 7.72. The maximum absolute atomic E-state index is 12.5. The molecule has 2 aliphatic rings. The van der Waals surface area contributed by atoms with Crippen molar-refractivity contribution in [3.8, 4) is 0 Å². The monoisotopic (exact) mass is 427 g/mol. The van der Waals surface area contributed by atoms with Gasteiger partial charge < -0.3 is 15.5 Å². The SMILES string of the molecule is Cl.O=C(NCC1CCCN(C(=O)CCCc2ccc(Cl)cc2)C1)C1CCCN1. The minimum Gasteiger partial charge on any atom is -0.354 e. The van der Waals surface area contributed by atoms with Crippen LogP contribution in [-0.4, -0.2) is 48.9 Å². The molecule has 2 saturated heterocycles. The number of nitrogens with one attached hydrogen (secondary N) is 2. The molecule has 0 aromatic heterocycles. The molecule has 28 heavy (non-hydrogen) atoms. The fourth-order valence-corrected chi connectivity index (χ4v) is 4.11. The van der Waals surface area contributed by atoms with Crippen LogP contribution in [0.5, 0.6) is 0 Å². The number of halogens is 2. The Balaban J connectivity index is 0.00000280. The van der Waals surface area contributed by atoms with E-state index in [9.17, 15) is 9.59 Å². The Morgan fingerprint density at radius 1 is 1.18 bits per heavy atom. The number of amides is 2. The fraction of sp³-hybridized carbons (Fsp3) is 0.619. The Hall–Kier alpha value is -1.30. The number of likely N-dealkylation sites (tertiary alicyclic amines) is 1. The van der Waals surface area contributed by atoms with E-state index in [1.165, 1.54) is 5.56 Å². The summed E-state index contributed by atoms with van der Waals surface area (Å²) in [6, 6.07) is 7.79. The molecule has 2 heterocycles. The lowest BCUT2D eigenvalue weighted by Gasteiger charge is -2.33. The van der Waals surface area contributed by atoms with Crippen molar-refractivity contribution in [2.45, 2.75) is 51.0 Å². The first-order valence-electron chi connectivity index (χ1n) is 10.1. The van der Waals surface area contributed by atoms with Crippen LogP contribution in [0.25, 0.3) is 0 Å². The Labute approximate surface area is 179 Å². The summed E-state index contributed by atoms with van der Waals surface area (Å²) in [6.45, 7) is 3.21. The van der Waals surface area contributed by atoms with Crippen molar-refractivity contribution in [2.24, 2.45) is 5.92 Å². The quantitative estimate of drug-likeness (QED) is 0.701. The first-order valence-corrected chi connectivity index (χ1v) is 10.5. The molecule has 2 N–H and O–H groups in total. The number of benzene rings is 1. The van der Waals surface area contributed by atoms with Crippen molar-refractivity contribution in [1.82, 2.24) is 15.5 Å². The normalized spacial score (nSPS) is 21.8. The summed E-state index contributed by atoms with van der Waals surface area (Å²) in [7, 11) is 0. The lowest BCUT2D eigenvalue weighted by atomic mass is 9.97. The Kier molecular flexibility index (Phi) is 9.56. The maximum Gasteiger partial charge on any atom is 0.237 e. The van der Waals surface area contributed by atoms with E-state index in [0.717, 1.165) is 63.2 Å². The van der Waals surface area contributed by atoms with Crippen LogP contribution in [0.2, 0.25) is 5.02 Å². The zero-order valence-electron chi connectivity index (χ0n) is 16.3. The summed E-state index contributed by atoms with van der Waals surface area (Å²) < 4.78 is 0. The molecular formula is C21H31Cl2N3O2. The number of rotatable bonds is 7. The van der Waals surface area contributed by atoms with Crippen LogP contribution in [-0.2, 0) is 16.0 Å². The van der Waals surface area contributed by atoms with Crippen molar-refractivity contribution in [2.75, 3.05) is 26.2 Å². The van der Waals surface area contributed by atoms with E-state index in [1.807, 2.05) is 29.2 Å². The highest BCUT2D eigenvalue weighted by Gasteiger charge is 2.26. The van der Waals surface area contributed by atoms with Gasteiger partial charge in [-0.05, 0) is 68.7 Å². The Morgan fingerprint density at radius 3 is 2.68 bits per heavy atom. The van der Waals surface area contributed by atoms with Crippen LogP contribution in [0, 0.1) is 5.92 Å². The Bertz CT molecular complexity index is 633. The molecule has 1 aromatic rings. The third-order valence-corrected chi connectivity index (χ3v) is 5.83. The van der Waals surface area contributed by atoms with Gasteiger partial charge in [0.1, 0.15) is 0 Å². The highest BCUT2D eigenvalue weighted by molar-refractivity contribution is 6.30. The summed E-state index contributed by atoms with van der Waals surface area (Å²) >= 11 is 5.90. The highest BCUT2D eigenvalue weighted by atomic mass is 35.5. The molecule has 2 fully saturated rings. The van der Waals surface area contributed by atoms with E-state index < -0.39 is 0 Å². The van der Waals surface area contributed by atoms with Gasteiger partial charge in [-0.25, -0.2) is 0 Å². The minimum atomic E-state index is -0.0285. The molecule has 2 atom stereocenters. The fourth-order valence-electron chi connectivity index (χ4n) is 3.99. The average molecular weight is 428 g/mol. The van der Waals surface area contributed by atoms with Crippen molar-refractivity contribution < 1.29 is 9.59 Å². The molecule has 0 saturated carbocycles. The van der Waals surface area contributed by atoms with Crippen molar-refractivity contribution in [3.05, 3.63) is 34.9 Å². The molecular weight excluding hydrogens is 397 g/mol. The first-order chi connectivity index (χ1) is 13.1. The van der Waals surface area contributed by atoms with Gasteiger partial charge in [0, 0.05) is 31.1 Å². The van der Waals surface area contributed by atoms with E-state index in [0.29, 0.717) is 18.9 Å². The predicted octanol–water partition coefficient (Wildman–Crippen LogP) is 3.19. The molecule has 156 valence electrons. The molecule has 0 spiro atoms. The lowest BCUT2D eigenvalue weighted by molar-refractivity contribution is -0.133. The maximum atomic E-state index is 12.5. The average Bonchev–Trinajstić information content (AvgIpc) is 3.23. The molecule has 2 unspecified atom stereocenters. The molecule has 1 aromatic carbocycles. The topological polar surface area (TPSA) is 61.4 Å². The highest BCUT2D eigenvalue weighted by Crippen LogP contribution is 2.18. The molecule has 7 heteroatoms. The first kappa shape index (κ1) is 23.0. The number of nitrogens with zero attached hydrogens (tertiary/aromatic N) is 1. The van der Waals surface area contributed by atoms with Gasteiger partial charge in [0.15, 0.2) is 0 Å². The largest absolute Gasteiger partial charge is 0.354 e. The molecule has 2 aliphatic heterocycles. The zero-order valence-corrected chi connectivity index (χ0v) is 17.9. The van der Waals surface area contributed by atoms with E-state index in [2.05, 4.69) is 10.6 Å². The van der Waals surface area contributed by atoms with Gasteiger partial charge in [-0.2, -0.15) is 0 Å². The van der Waals surface area contributed by atoms with Gasteiger partial charge in [0.25, 0.3) is 0 Å². The van der Waals surface area contributed by atoms with E-state index in [1.54, 1.807) is 0 Å². The van der Waals surface area contributed by atoms with E-state index >= 15 is 0 Å². The number of aryl methyl sites for hydroxylation is 1. The van der Waals surface area contributed by atoms with Crippen LogP contribution in [0.4, 0.5) is 0 Å². The third kappa shape index (κ3) is 6.94. The lowest BCUT2D eigenvalue weighted by Crippen LogP contribution is -2.46. The van der Waals surface area contributed by atoms with Crippen molar-refractivity contribution in [3.63, 3.8) is 0 Å². The van der Waals surface area contributed by atoms with Gasteiger partial charge in [0.2, 0.25) is 11.8 Å². The standard InChI is InChI=1S/C21H30ClN3O2.ClH/c22-18-10-8-16(9-11-18)4-1-7-20(26)25-13-3-5-17(15-25)14-24-21(27)19-6-2-12-23-19;/h8-11,17,19,23H,1-7,12-15H2,(H,24,27);1H. The molecule has 2 amide bonds. The second-order valence-corrected chi connectivity index (χ2v) is 8.16. The molecule has 0 radical (unpaired) electrons. The van der Waals surface area contributed by atoms with Crippen LogP contribution in [0.15, 0.2) is 24.3 Å². The molecule has 0 aliphatic carbocycles. The van der Waals surface area contributed by atoms with Crippen molar-refractivity contribution in [1.29, 1.82) is 0 Å². The Morgan fingerprint density at radius 2 is 1.96 bits per heavy atom. The summed E-state index contributed by atoms with van der Waals surface area (Å²) in [5.74, 6) is 0.709. The van der Waals surface area contributed by atoms with Gasteiger partial charge in [-0.3, -0.25) is 9.59 Å². The molecule has 5 nitrogen and oxygen atoms in total. The molecule has 0 bridgehead atoms. The van der Waals surface area contributed by atoms with Gasteiger partial charge in [0.05, 0.1) is 6.04 Å². The zero-order chi connectivity index (χ0) is 19.1. The summed E-state index contributed by atoms with van der Waals surface area (Å²) in [4.78, 5) is 26.7. The minimum absolute atomic E-state index is 0. The second kappa shape index (κ2) is 11.6. The van der Waals surface area contributed by atoms with Crippen molar-refractivity contribution >= 4 is 35.8 Å². The van der Waals surface area contributed by atoms with Crippen LogP contribution in [0.1, 0.15) is 44.1 Å². The molecule has 3 rings (SSSR count). The summed E-state index contributed by atoms with van der Waals surface area (Å²) in [5.41, 5.74) is 1.21. The van der Waals surface area contributed by atoms with Gasteiger partial charge in [-0.15, -0.1) is 12.4 Å². The number of carbonyl (C=O) groups is 2. The number of carbonyl (C=O) groups excluding carboxylic acids is 2. The van der Waals surface area contributed by atoms with Crippen LogP contribution >= 0.6 is 24.0 Å².